The van der Waals surface area contributed by atoms with E-state index < -0.39 is 10.0 Å². The van der Waals surface area contributed by atoms with Crippen LogP contribution in [0.1, 0.15) is 30.0 Å². The molecule has 1 aliphatic heterocycles. The topological polar surface area (TPSA) is 70.6 Å². The zero-order valence-electron chi connectivity index (χ0n) is 15.2. The van der Waals surface area contributed by atoms with E-state index in [0.717, 1.165) is 22.6 Å². The summed E-state index contributed by atoms with van der Waals surface area (Å²) >= 11 is 1.43. The van der Waals surface area contributed by atoms with Crippen LogP contribution in [0.15, 0.2) is 34.7 Å². The minimum atomic E-state index is -3.61. The van der Waals surface area contributed by atoms with Gasteiger partial charge in [-0.1, -0.05) is 19.9 Å². The molecule has 0 radical (unpaired) electrons. The first-order valence-corrected chi connectivity index (χ1v) is 10.9. The molecule has 6 nitrogen and oxygen atoms in total. The molecule has 0 unspecified atom stereocenters. The minimum absolute atomic E-state index is 0.0621. The van der Waals surface area contributed by atoms with E-state index in [1.165, 1.54) is 15.6 Å². The predicted octanol–water partition coefficient (Wildman–Crippen LogP) is 2.50. The maximum Gasteiger partial charge on any atom is 0.243 e. The zero-order valence-corrected chi connectivity index (χ0v) is 16.8. The smallest absolute Gasteiger partial charge is 0.243 e. The summed E-state index contributed by atoms with van der Waals surface area (Å²) in [7, 11) is -2.05. The minimum Gasteiger partial charge on any atom is -0.338 e. The first-order chi connectivity index (χ1) is 12.3. The average Bonchev–Trinajstić information content (AvgIpc) is 3.12. The molecule has 2 heterocycles. The molecule has 0 saturated heterocycles. The first-order valence-electron chi connectivity index (χ1n) is 8.54. The Morgan fingerprint density at radius 2 is 2.12 bits per heavy atom. The van der Waals surface area contributed by atoms with Crippen LogP contribution < -0.4 is 0 Å². The third-order valence-corrected chi connectivity index (χ3v) is 7.11. The Kier molecular flexibility index (Phi) is 5.45. The number of sulfonamides is 1. The molecule has 0 spiro atoms. The van der Waals surface area contributed by atoms with E-state index in [0.29, 0.717) is 13.1 Å². The van der Waals surface area contributed by atoms with Crippen molar-refractivity contribution >= 4 is 27.3 Å². The van der Waals surface area contributed by atoms with Crippen molar-refractivity contribution in [2.24, 2.45) is 5.92 Å². The molecule has 1 amide bonds. The van der Waals surface area contributed by atoms with Crippen LogP contribution in [0.25, 0.3) is 0 Å². The molecule has 0 saturated carbocycles. The lowest BCUT2D eigenvalue weighted by molar-refractivity contribution is -0.135. The van der Waals surface area contributed by atoms with Gasteiger partial charge in [-0.3, -0.25) is 4.79 Å². The number of amides is 1. The number of rotatable bonds is 5. The quantitative estimate of drug-likeness (QED) is 0.783. The fraction of sp³-hybridized carbons (Fsp3) is 0.444. The second-order valence-corrected chi connectivity index (χ2v) is 9.81. The maximum absolute atomic E-state index is 12.9. The van der Waals surface area contributed by atoms with Crippen LogP contribution in [-0.4, -0.2) is 42.1 Å². The fourth-order valence-electron chi connectivity index (χ4n) is 3.03. The van der Waals surface area contributed by atoms with Gasteiger partial charge in [0.1, 0.15) is 5.01 Å². The summed E-state index contributed by atoms with van der Waals surface area (Å²) in [4.78, 5) is 18.5. The lowest BCUT2D eigenvalue weighted by Crippen LogP contribution is -2.38. The summed E-state index contributed by atoms with van der Waals surface area (Å²) < 4.78 is 27.1. The van der Waals surface area contributed by atoms with Crippen LogP contribution in [0.5, 0.6) is 0 Å². The number of carbonyl (C=O) groups is 1. The van der Waals surface area contributed by atoms with Gasteiger partial charge in [-0.2, -0.15) is 4.31 Å². The van der Waals surface area contributed by atoms with Crippen LogP contribution in [0.4, 0.5) is 0 Å². The molecule has 3 rings (SSSR count). The van der Waals surface area contributed by atoms with Gasteiger partial charge in [0.05, 0.1) is 11.4 Å². The van der Waals surface area contributed by atoms with Gasteiger partial charge in [0.25, 0.3) is 0 Å². The lowest BCUT2D eigenvalue weighted by Gasteiger charge is -2.30. The summed E-state index contributed by atoms with van der Waals surface area (Å²) in [5.74, 6) is 0.0395. The summed E-state index contributed by atoms with van der Waals surface area (Å²) in [5, 5.41) is 2.58. The Labute approximate surface area is 158 Å². The Morgan fingerprint density at radius 3 is 2.77 bits per heavy atom. The van der Waals surface area contributed by atoms with Crippen molar-refractivity contribution in [2.75, 3.05) is 13.6 Å². The Balaban J connectivity index is 1.83. The van der Waals surface area contributed by atoms with E-state index in [-0.39, 0.29) is 23.3 Å². The molecule has 8 heteroatoms. The summed E-state index contributed by atoms with van der Waals surface area (Å²) in [6, 6.07) is 5.24. The van der Waals surface area contributed by atoms with Crippen molar-refractivity contribution in [2.45, 2.75) is 38.3 Å². The number of carbonyl (C=O) groups excluding carboxylic acids is 1. The highest BCUT2D eigenvalue weighted by Gasteiger charge is 2.26. The summed E-state index contributed by atoms with van der Waals surface area (Å²) in [6.45, 7) is 5.15. The largest absolute Gasteiger partial charge is 0.338 e. The number of thiazole rings is 1. The number of hydrogen-bond acceptors (Lipinski definition) is 5. The van der Waals surface area contributed by atoms with Crippen molar-refractivity contribution in [1.29, 1.82) is 0 Å². The number of aromatic nitrogens is 1. The Bertz CT molecular complexity index is 892. The lowest BCUT2D eigenvalue weighted by atomic mass is 9.99. The van der Waals surface area contributed by atoms with E-state index in [1.807, 2.05) is 30.2 Å². The molecular formula is C18H23N3O3S2. The van der Waals surface area contributed by atoms with Crippen molar-refractivity contribution in [1.82, 2.24) is 14.2 Å². The van der Waals surface area contributed by atoms with Gasteiger partial charge in [-0.05, 0) is 29.7 Å². The molecule has 0 bridgehead atoms. The molecule has 2 aromatic rings. The van der Waals surface area contributed by atoms with Gasteiger partial charge >= 0.3 is 0 Å². The van der Waals surface area contributed by atoms with Crippen LogP contribution in [0.3, 0.4) is 0 Å². The molecule has 0 fully saturated rings. The van der Waals surface area contributed by atoms with Crippen LogP contribution in [0, 0.1) is 5.92 Å². The van der Waals surface area contributed by atoms with Crippen molar-refractivity contribution in [3.05, 3.63) is 45.9 Å². The van der Waals surface area contributed by atoms with Gasteiger partial charge in [0, 0.05) is 37.6 Å². The predicted molar refractivity (Wildman–Crippen MR) is 101 cm³/mol. The van der Waals surface area contributed by atoms with Crippen molar-refractivity contribution in [3.63, 3.8) is 0 Å². The van der Waals surface area contributed by atoms with Gasteiger partial charge in [0.15, 0.2) is 0 Å². The molecule has 140 valence electrons. The standard InChI is InChI=1S/C18H23N3O3S2/c1-13(2)18(22)21-8-6-14-4-5-16(10-15(14)11-21)26(23,24)20(3)12-17-19-7-9-25-17/h4-5,7,9-10,13H,6,8,11-12H2,1-3H3. The Hall–Kier alpha value is -1.77. The van der Waals surface area contributed by atoms with Gasteiger partial charge in [-0.25, -0.2) is 13.4 Å². The average molecular weight is 394 g/mol. The molecular weight excluding hydrogens is 370 g/mol. The highest BCUT2D eigenvalue weighted by atomic mass is 32.2. The number of fused-ring (bicyclic) bond motifs is 1. The molecule has 0 N–H and O–H groups in total. The number of hydrogen-bond donors (Lipinski definition) is 0. The van der Waals surface area contributed by atoms with Gasteiger partial charge in [0.2, 0.25) is 15.9 Å². The van der Waals surface area contributed by atoms with Gasteiger partial charge in [-0.15, -0.1) is 11.3 Å². The first kappa shape index (κ1) is 19.0. The maximum atomic E-state index is 12.9. The van der Waals surface area contributed by atoms with Crippen molar-refractivity contribution in [3.8, 4) is 0 Å². The third kappa shape index (κ3) is 3.82. The van der Waals surface area contributed by atoms with E-state index in [9.17, 15) is 13.2 Å². The number of nitrogens with zero attached hydrogens (tertiary/aromatic N) is 3. The highest BCUT2D eigenvalue weighted by molar-refractivity contribution is 7.89. The molecule has 0 aliphatic carbocycles. The fourth-order valence-corrected chi connectivity index (χ4v) is 4.97. The third-order valence-electron chi connectivity index (χ3n) is 4.55. The number of benzene rings is 1. The SMILES string of the molecule is CC(C)C(=O)N1CCc2ccc(S(=O)(=O)N(C)Cc3nccs3)cc2C1. The van der Waals surface area contributed by atoms with Crippen LogP contribution >= 0.6 is 11.3 Å². The van der Waals surface area contributed by atoms with Crippen LogP contribution in [-0.2, 0) is 34.3 Å². The second kappa shape index (κ2) is 7.46. The molecule has 1 aliphatic rings. The van der Waals surface area contributed by atoms with E-state index in [1.54, 1.807) is 25.4 Å². The molecule has 1 aromatic carbocycles. The van der Waals surface area contributed by atoms with Crippen LogP contribution in [0.2, 0.25) is 0 Å². The second-order valence-electron chi connectivity index (χ2n) is 6.78. The normalized spacial score (nSPS) is 14.7. The zero-order chi connectivity index (χ0) is 18.9. The van der Waals surface area contributed by atoms with E-state index >= 15 is 0 Å². The van der Waals surface area contributed by atoms with Gasteiger partial charge < -0.3 is 4.90 Å². The Morgan fingerprint density at radius 1 is 1.35 bits per heavy atom. The summed E-state index contributed by atoms with van der Waals surface area (Å²) in [5.41, 5.74) is 2.02. The van der Waals surface area contributed by atoms with E-state index in [4.69, 9.17) is 0 Å². The molecule has 26 heavy (non-hydrogen) atoms. The van der Waals surface area contributed by atoms with Crippen molar-refractivity contribution < 1.29 is 13.2 Å². The van der Waals surface area contributed by atoms with E-state index in [2.05, 4.69) is 4.98 Å². The highest BCUT2D eigenvalue weighted by Crippen LogP contribution is 2.25. The summed E-state index contributed by atoms with van der Waals surface area (Å²) in [6.07, 6.45) is 2.42. The molecule has 0 atom stereocenters. The monoisotopic (exact) mass is 393 g/mol. The molecule has 1 aromatic heterocycles.